The van der Waals surface area contributed by atoms with Crippen molar-refractivity contribution in [3.63, 3.8) is 0 Å². The zero-order valence-corrected chi connectivity index (χ0v) is 28.8. The first kappa shape index (κ1) is 35.9. The van der Waals surface area contributed by atoms with E-state index in [1.165, 1.54) is 36.0 Å². The number of amides is 3. The van der Waals surface area contributed by atoms with Gasteiger partial charge in [-0.25, -0.2) is 4.39 Å². The lowest BCUT2D eigenvalue weighted by molar-refractivity contribution is -0.116. The average Bonchev–Trinajstić information content (AvgIpc) is 3.13. The molecule has 1 unspecified atom stereocenters. The molecular formula is C40H35ClFN3O4S. The Bertz CT molecular complexity index is 1920. The lowest BCUT2D eigenvalue weighted by Gasteiger charge is -2.18. The molecule has 0 aliphatic heterocycles. The molecule has 0 fully saturated rings. The van der Waals surface area contributed by atoms with Crippen LogP contribution in [-0.2, 0) is 9.59 Å². The number of hydrogen-bond donors (Lipinski definition) is 3. The molecule has 254 valence electrons. The van der Waals surface area contributed by atoms with Crippen LogP contribution in [0.1, 0.15) is 46.5 Å². The fraction of sp³-hybridized carbons (Fsp3) is 0.125. The maximum Gasteiger partial charge on any atom is 0.272 e. The van der Waals surface area contributed by atoms with Gasteiger partial charge in [0.15, 0.2) is 0 Å². The molecule has 5 aromatic rings. The summed E-state index contributed by atoms with van der Waals surface area (Å²) >= 11 is 7.58. The largest absolute Gasteiger partial charge is 0.494 e. The van der Waals surface area contributed by atoms with Gasteiger partial charge in [0.1, 0.15) is 22.5 Å². The quantitative estimate of drug-likeness (QED) is 0.0607. The summed E-state index contributed by atoms with van der Waals surface area (Å²) in [4.78, 5) is 40.8. The second-order valence-corrected chi connectivity index (χ2v) is 12.7. The van der Waals surface area contributed by atoms with Gasteiger partial charge in [0.25, 0.3) is 11.8 Å². The molecule has 3 N–H and O–H groups in total. The van der Waals surface area contributed by atoms with Crippen molar-refractivity contribution in [3.05, 3.63) is 161 Å². The second-order valence-electron chi connectivity index (χ2n) is 11.1. The van der Waals surface area contributed by atoms with Crippen LogP contribution >= 0.6 is 23.4 Å². The van der Waals surface area contributed by atoms with Crippen molar-refractivity contribution in [2.75, 3.05) is 17.2 Å². The van der Waals surface area contributed by atoms with Crippen LogP contribution in [0.15, 0.2) is 138 Å². The van der Waals surface area contributed by atoms with Gasteiger partial charge in [-0.3, -0.25) is 14.4 Å². The number of carbonyl (C=O) groups excluding carboxylic acids is 3. The van der Waals surface area contributed by atoms with Gasteiger partial charge in [0.2, 0.25) is 5.91 Å². The fourth-order valence-electron chi connectivity index (χ4n) is 4.76. The van der Waals surface area contributed by atoms with Crippen LogP contribution in [0.5, 0.6) is 5.75 Å². The van der Waals surface area contributed by atoms with Crippen molar-refractivity contribution >= 4 is 58.5 Å². The minimum absolute atomic E-state index is 0.0408. The van der Waals surface area contributed by atoms with Crippen molar-refractivity contribution in [1.29, 1.82) is 0 Å². The van der Waals surface area contributed by atoms with E-state index in [1.54, 1.807) is 54.6 Å². The zero-order valence-electron chi connectivity index (χ0n) is 27.2. The minimum atomic E-state index is -0.683. The molecule has 10 heteroatoms. The Hall–Kier alpha value is -5.38. The monoisotopic (exact) mass is 707 g/mol. The third kappa shape index (κ3) is 10.1. The maximum atomic E-state index is 14.7. The molecule has 50 heavy (non-hydrogen) atoms. The maximum absolute atomic E-state index is 14.7. The highest BCUT2D eigenvalue weighted by molar-refractivity contribution is 8.00. The third-order valence-corrected chi connectivity index (χ3v) is 9.01. The van der Waals surface area contributed by atoms with Gasteiger partial charge in [-0.1, -0.05) is 79.5 Å². The number of unbranched alkanes of at least 4 members (excludes halogenated alkanes) is 1. The van der Waals surface area contributed by atoms with Crippen molar-refractivity contribution in [3.8, 4) is 5.75 Å². The number of carbonyl (C=O) groups is 3. The van der Waals surface area contributed by atoms with Gasteiger partial charge in [-0.05, 0) is 90.9 Å². The SMILES string of the molecule is CCCCOc1ccc(NC(=O)C(Sc2ccc(NC(=O)/C(=C/c3c(F)cccc3Cl)NC(=O)c3ccccc3)cc2)c2ccccc2)cc1. The number of nitrogens with one attached hydrogen (secondary N) is 3. The van der Waals surface area contributed by atoms with E-state index in [4.69, 9.17) is 16.3 Å². The third-order valence-electron chi connectivity index (χ3n) is 7.41. The normalized spacial score (nSPS) is 11.7. The fourth-order valence-corrected chi connectivity index (χ4v) is 6.01. The van der Waals surface area contributed by atoms with Crippen molar-refractivity contribution in [2.24, 2.45) is 0 Å². The van der Waals surface area contributed by atoms with Crippen molar-refractivity contribution in [1.82, 2.24) is 5.32 Å². The highest BCUT2D eigenvalue weighted by Crippen LogP contribution is 2.37. The van der Waals surface area contributed by atoms with E-state index in [9.17, 15) is 18.8 Å². The zero-order chi connectivity index (χ0) is 35.3. The second kappa shape index (κ2) is 17.9. The lowest BCUT2D eigenvalue weighted by Crippen LogP contribution is -2.30. The molecule has 0 aliphatic carbocycles. The van der Waals surface area contributed by atoms with Crippen LogP contribution in [0.2, 0.25) is 5.02 Å². The highest BCUT2D eigenvalue weighted by atomic mass is 35.5. The summed E-state index contributed by atoms with van der Waals surface area (Å²) in [5.41, 5.74) is 1.96. The molecule has 0 bridgehead atoms. The van der Waals surface area contributed by atoms with Gasteiger partial charge in [0.05, 0.1) is 11.6 Å². The van der Waals surface area contributed by atoms with Crippen LogP contribution < -0.4 is 20.7 Å². The molecule has 0 radical (unpaired) electrons. The Balaban J connectivity index is 1.31. The number of rotatable bonds is 14. The van der Waals surface area contributed by atoms with E-state index in [-0.39, 0.29) is 22.2 Å². The van der Waals surface area contributed by atoms with Crippen LogP contribution in [0.3, 0.4) is 0 Å². The number of ether oxygens (including phenoxy) is 1. The molecule has 0 aromatic heterocycles. The molecule has 0 saturated carbocycles. The highest BCUT2D eigenvalue weighted by Gasteiger charge is 2.23. The Labute approximate surface area is 299 Å². The van der Waals surface area contributed by atoms with Gasteiger partial charge in [-0.2, -0.15) is 0 Å². The lowest BCUT2D eigenvalue weighted by atomic mass is 10.1. The molecule has 0 spiro atoms. The van der Waals surface area contributed by atoms with Crippen LogP contribution in [0.4, 0.5) is 15.8 Å². The summed E-state index contributed by atoms with van der Waals surface area (Å²) in [5.74, 6) is -1.34. The van der Waals surface area contributed by atoms with Gasteiger partial charge < -0.3 is 20.7 Å². The number of hydrogen-bond acceptors (Lipinski definition) is 5. The molecule has 0 heterocycles. The summed E-state index contributed by atoms with van der Waals surface area (Å²) in [6, 6.07) is 36.2. The van der Waals surface area contributed by atoms with E-state index >= 15 is 0 Å². The van der Waals surface area contributed by atoms with Crippen molar-refractivity contribution < 1.29 is 23.5 Å². The summed E-state index contributed by atoms with van der Waals surface area (Å²) in [5, 5.41) is 7.86. The molecule has 7 nitrogen and oxygen atoms in total. The van der Waals surface area contributed by atoms with E-state index in [0.29, 0.717) is 23.5 Å². The topological polar surface area (TPSA) is 96.5 Å². The van der Waals surface area contributed by atoms with E-state index < -0.39 is 22.9 Å². The van der Waals surface area contributed by atoms with Crippen molar-refractivity contribution in [2.45, 2.75) is 29.9 Å². The molecule has 3 amide bonds. The van der Waals surface area contributed by atoms with Crippen LogP contribution in [0.25, 0.3) is 6.08 Å². The summed E-state index contributed by atoms with van der Waals surface area (Å²) in [6.45, 7) is 2.75. The van der Waals surface area contributed by atoms with Gasteiger partial charge >= 0.3 is 0 Å². The predicted octanol–water partition coefficient (Wildman–Crippen LogP) is 9.54. The molecule has 5 aromatic carbocycles. The first-order valence-electron chi connectivity index (χ1n) is 16.0. The van der Waals surface area contributed by atoms with Gasteiger partial charge in [-0.15, -0.1) is 11.8 Å². The van der Waals surface area contributed by atoms with E-state index in [0.717, 1.165) is 29.1 Å². The summed E-state index contributed by atoms with van der Waals surface area (Å²) in [6.07, 6.45) is 3.22. The molecule has 5 rings (SSSR count). The standard InChI is InChI=1S/C40H35ClFN3O4S/c1-2-3-25-49-31-21-17-29(18-22-31)44-40(48)37(27-11-6-4-7-12-27)50-32-23-19-30(20-24-32)43-39(47)36(26-33-34(41)15-10-16-35(33)42)45-38(46)28-13-8-5-9-14-28/h4-24,26,37H,2-3,25H2,1H3,(H,43,47)(H,44,48)(H,45,46)/b36-26-. The summed E-state index contributed by atoms with van der Waals surface area (Å²) < 4.78 is 20.4. The molecule has 0 aliphatic rings. The minimum Gasteiger partial charge on any atom is -0.494 e. The Morgan fingerprint density at radius 3 is 2.10 bits per heavy atom. The average molecular weight is 708 g/mol. The first-order chi connectivity index (χ1) is 24.3. The van der Waals surface area contributed by atoms with Crippen LogP contribution in [-0.4, -0.2) is 24.3 Å². The smallest absolute Gasteiger partial charge is 0.272 e. The molecular weight excluding hydrogens is 673 g/mol. The first-order valence-corrected chi connectivity index (χ1v) is 17.3. The Morgan fingerprint density at radius 2 is 1.44 bits per heavy atom. The number of benzene rings is 5. The number of thioether (sulfide) groups is 1. The van der Waals surface area contributed by atoms with Crippen LogP contribution in [0, 0.1) is 5.82 Å². The van der Waals surface area contributed by atoms with E-state index in [1.807, 2.05) is 54.6 Å². The Morgan fingerprint density at radius 1 is 0.800 bits per heavy atom. The molecule has 0 saturated heterocycles. The predicted molar refractivity (Wildman–Crippen MR) is 199 cm³/mol. The number of halogens is 2. The number of anilines is 2. The molecule has 1 atom stereocenters. The van der Waals surface area contributed by atoms with E-state index in [2.05, 4.69) is 22.9 Å². The summed E-state index contributed by atoms with van der Waals surface area (Å²) in [7, 11) is 0. The van der Waals surface area contributed by atoms with Gasteiger partial charge in [0, 0.05) is 27.4 Å². The Kier molecular flexibility index (Phi) is 12.8.